The Morgan fingerprint density at radius 3 is 1.30 bits per heavy atom. The second kappa shape index (κ2) is 7.49. The first-order chi connectivity index (χ1) is 10.6. The maximum atomic E-state index is 5.04. The van der Waals surface area contributed by atoms with Gasteiger partial charge in [-0.1, -0.05) is 12.1 Å². The standard InChI is InChI=1S/C16H16N2.4ClH.Sn/c1-9-7-17-15-13(11(9)3)5-6-14-12(4)10(2)8-18-16(14)15;;;;;/h5-8H,1-4H3;4*1H;/q;;;;;+4/p-4. The summed E-state index contributed by atoms with van der Waals surface area (Å²) in [5.74, 6) is 0. The molecule has 2 aromatic heterocycles. The number of benzene rings is 1. The Morgan fingerprint density at radius 2 is 1.00 bits per heavy atom. The first-order valence-corrected chi connectivity index (χ1v) is 21.4. The molecule has 0 aliphatic heterocycles. The topological polar surface area (TPSA) is 25.8 Å². The normalized spacial score (nSPS) is 11.5. The molecule has 0 saturated carbocycles. The monoisotopic (exact) mass is 496 g/mol. The average molecular weight is 497 g/mol. The van der Waals surface area contributed by atoms with E-state index in [1.807, 2.05) is 12.4 Å². The molecule has 0 radical (unpaired) electrons. The number of halogens is 4. The first kappa shape index (κ1) is 19.3. The van der Waals surface area contributed by atoms with Crippen molar-refractivity contribution in [3.8, 4) is 0 Å². The number of rotatable bonds is 0. The van der Waals surface area contributed by atoms with Gasteiger partial charge in [0.2, 0.25) is 0 Å². The van der Waals surface area contributed by atoms with Crippen molar-refractivity contribution in [1.82, 2.24) is 9.97 Å². The molecule has 0 bridgehead atoms. The van der Waals surface area contributed by atoms with Gasteiger partial charge in [-0.2, -0.15) is 0 Å². The molecule has 0 saturated heterocycles. The van der Waals surface area contributed by atoms with Crippen LogP contribution in [0.25, 0.3) is 21.8 Å². The van der Waals surface area contributed by atoms with Crippen molar-refractivity contribution in [2.24, 2.45) is 0 Å². The zero-order valence-electron chi connectivity index (χ0n) is 13.2. The van der Waals surface area contributed by atoms with Crippen LogP contribution in [-0.4, -0.2) is 23.8 Å². The van der Waals surface area contributed by atoms with Gasteiger partial charge in [0.05, 0.1) is 11.0 Å². The number of pyridine rings is 2. The quantitative estimate of drug-likeness (QED) is 0.266. The molecule has 23 heavy (non-hydrogen) atoms. The van der Waals surface area contributed by atoms with E-state index >= 15 is 0 Å². The van der Waals surface area contributed by atoms with Crippen LogP contribution in [0.15, 0.2) is 24.5 Å². The second-order valence-corrected chi connectivity index (χ2v) is 30.9. The van der Waals surface area contributed by atoms with Gasteiger partial charge in [0.15, 0.2) is 0 Å². The van der Waals surface area contributed by atoms with Crippen LogP contribution >= 0.6 is 35.7 Å². The average Bonchev–Trinajstić information content (AvgIpc) is 2.44. The number of fused-ring (bicyclic) bond motifs is 3. The Bertz CT molecular complexity index is 803. The van der Waals surface area contributed by atoms with E-state index in [2.05, 4.69) is 49.8 Å². The van der Waals surface area contributed by atoms with Crippen molar-refractivity contribution >= 4 is 71.4 Å². The van der Waals surface area contributed by atoms with Crippen molar-refractivity contribution < 1.29 is 0 Å². The summed E-state index contributed by atoms with van der Waals surface area (Å²) in [6.45, 7) is 8.48. The van der Waals surface area contributed by atoms with E-state index in [0.717, 1.165) is 11.0 Å². The fourth-order valence-electron chi connectivity index (χ4n) is 2.39. The van der Waals surface area contributed by atoms with Crippen molar-refractivity contribution in [1.29, 1.82) is 0 Å². The third-order valence-electron chi connectivity index (χ3n) is 3.92. The molecule has 3 rings (SSSR count). The van der Waals surface area contributed by atoms with Crippen LogP contribution < -0.4 is 0 Å². The predicted molar refractivity (Wildman–Crippen MR) is 105 cm³/mol. The summed E-state index contributed by atoms with van der Waals surface area (Å²) in [5.41, 5.74) is 7.07. The number of nitrogens with zero attached hydrogens (tertiary/aromatic N) is 2. The van der Waals surface area contributed by atoms with Gasteiger partial charge in [-0.05, 0) is 49.9 Å². The Hall–Kier alpha value is -0.00130. The van der Waals surface area contributed by atoms with Gasteiger partial charge < -0.3 is 0 Å². The molecular formula is C16H16Cl4N2Sn. The summed E-state index contributed by atoms with van der Waals surface area (Å²) >= 11 is -3.29. The maximum absolute atomic E-state index is 5.04. The first-order valence-electron chi connectivity index (χ1n) is 6.96. The van der Waals surface area contributed by atoms with Gasteiger partial charge in [-0.15, -0.1) is 0 Å². The molecule has 0 unspecified atom stereocenters. The third kappa shape index (κ3) is 4.76. The molecule has 3 aromatic rings. The molecule has 0 fully saturated rings. The van der Waals surface area contributed by atoms with Crippen LogP contribution in [0.1, 0.15) is 22.3 Å². The summed E-state index contributed by atoms with van der Waals surface area (Å²) in [6.07, 6.45) is 3.88. The molecule has 0 aliphatic rings. The summed E-state index contributed by atoms with van der Waals surface area (Å²) in [7, 11) is 20.1. The van der Waals surface area contributed by atoms with E-state index < -0.39 is 13.9 Å². The second-order valence-electron chi connectivity index (χ2n) is 5.42. The number of aryl methyl sites for hydroxylation is 4. The summed E-state index contributed by atoms with van der Waals surface area (Å²) < 4.78 is 0. The Balaban J connectivity index is 0.000000338. The summed E-state index contributed by atoms with van der Waals surface area (Å²) in [5, 5.41) is 2.41. The molecule has 2 nitrogen and oxygen atoms in total. The number of aromatic nitrogens is 2. The van der Waals surface area contributed by atoms with E-state index in [9.17, 15) is 0 Å². The Morgan fingerprint density at radius 1 is 0.696 bits per heavy atom. The zero-order chi connectivity index (χ0) is 17.4. The van der Waals surface area contributed by atoms with E-state index in [4.69, 9.17) is 35.7 Å². The van der Waals surface area contributed by atoms with E-state index in [0.29, 0.717) is 0 Å². The third-order valence-corrected chi connectivity index (χ3v) is 3.92. The predicted octanol–water partition coefficient (Wildman–Crippen LogP) is 6.39. The van der Waals surface area contributed by atoms with Crippen molar-refractivity contribution in [2.45, 2.75) is 27.7 Å². The van der Waals surface area contributed by atoms with Crippen molar-refractivity contribution in [3.63, 3.8) is 0 Å². The fourth-order valence-corrected chi connectivity index (χ4v) is 2.39. The molecule has 0 spiro atoms. The minimum atomic E-state index is -3.29. The van der Waals surface area contributed by atoms with E-state index in [1.54, 1.807) is 0 Å². The van der Waals surface area contributed by atoms with Crippen molar-refractivity contribution in [3.05, 3.63) is 46.8 Å². The molecule has 7 heteroatoms. The minimum absolute atomic E-state index is 1.01. The molecular weight excluding hydrogens is 481 g/mol. The van der Waals surface area contributed by atoms with E-state index in [1.165, 1.54) is 33.0 Å². The van der Waals surface area contributed by atoms with Gasteiger partial charge in [0.25, 0.3) is 0 Å². The Labute approximate surface area is 154 Å². The van der Waals surface area contributed by atoms with Crippen LogP contribution in [-0.2, 0) is 0 Å². The zero-order valence-corrected chi connectivity index (χ0v) is 19.1. The van der Waals surface area contributed by atoms with Crippen LogP contribution in [0.4, 0.5) is 0 Å². The fraction of sp³-hybridized carbons (Fsp3) is 0.250. The molecule has 0 aliphatic carbocycles. The van der Waals surface area contributed by atoms with Gasteiger partial charge in [-0.3, -0.25) is 9.97 Å². The van der Waals surface area contributed by atoms with Crippen LogP contribution in [0.3, 0.4) is 0 Å². The van der Waals surface area contributed by atoms with Crippen LogP contribution in [0.5, 0.6) is 0 Å². The SMILES string of the molecule is Cc1cnc2c(ccc3c(C)c(C)cnc32)c1C.[Cl][Sn]([Cl])([Cl])[Cl]. The molecule has 0 N–H and O–H groups in total. The van der Waals surface area contributed by atoms with Gasteiger partial charge in [0.1, 0.15) is 0 Å². The molecule has 0 atom stereocenters. The van der Waals surface area contributed by atoms with Gasteiger partial charge in [0, 0.05) is 23.2 Å². The van der Waals surface area contributed by atoms with Gasteiger partial charge >= 0.3 is 49.6 Å². The van der Waals surface area contributed by atoms with Crippen LogP contribution in [0, 0.1) is 27.7 Å². The Kier molecular flexibility index (Phi) is 6.29. The summed E-state index contributed by atoms with van der Waals surface area (Å²) in [6, 6.07) is 4.34. The number of hydrogen-bond donors (Lipinski definition) is 0. The molecule has 2 heterocycles. The molecule has 122 valence electrons. The number of hydrogen-bond acceptors (Lipinski definition) is 2. The summed E-state index contributed by atoms with van der Waals surface area (Å²) in [4.78, 5) is 9.16. The van der Waals surface area contributed by atoms with E-state index in [-0.39, 0.29) is 0 Å². The molecule has 1 aromatic carbocycles. The van der Waals surface area contributed by atoms with Crippen molar-refractivity contribution in [2.75, 3.05) is 0 Å². The van der Waals surface area contributed by atoms with Gasteiger partial charge in [-0.25, -0.2) is 0 Å². The van der Waals surface area contributed by atoms with Crippen LogP contribution in [0.2, 0.25) is 0 Å². The molecule has 0 amide bonds.